The van der Waals surface area contributed by atoms with Crippen LogP contribution >= 0.6 is 11.6 Å². The summed E-state index contributed by atoms with van der Waals surface area (Å²) in [7, 11) is 0. The Bertz CT molecular complexity index is 428. The molecule has 104 valence electrons. The van der Waals surface area contributed by atoms with Crippen molar-refractivity contribution in [1.29, 1.82) is 0 Å². The third-order valence-electron chi connectivity index (χ3n) is 2.95. The summed E-state index contributed by atoms with van der Waals surface area (Å²) in [6.07, 6.45) is 0.909. The van der Waals surface area contributed by atoms with E-state index in [9.17, 15) is 9.18 Å². The number of nitrogens with one attached hydrogen (secondary N) is 1. The summed E-state index contributed by atoms with van der Waals surface area (Å²) in [6.45, 7) is 2.82. The van der Waals surface area contributed by atoms with Crippen molar-refractivity contribution in [2.75, 3.05) is 32.8 Å². The van der Waals surface area contributed by atoms with E-state index in [0.717, 1.165) is 19.5 Å². The first-order valence-electron chi connectivity index (χ1n) is 6.24. The summed E-state index contributed by atoms with van der Waals surface area (Å²) >= 11 is 5.82. The maximum atomic E-state index is 13.5. The third-order valence-corrected chi connectivity index (χ3v) is 3.25. The third kappa shape index (κ3) is 3.81. The molecule has 0 spiro atoms. The molecule has 1 aromatic rings. The van der Waals surface area contributed by atoms with Crippen molar-refractivity contribution < 1.29 is 13.9 Å². The summed E-state index contributed by atoms with van der Waals surface area (Å²) in [5.74, 6) is -0.772. The molecule has 0 aromatic heterocycles. The zero-order valence-electron chi connectivity index (χ0n) is 10.5. The van der Waals surface area contributed by atoms with Crippen molar-refractivity contribution in [2.24, 2.45) is 0 Å². The van der Waals surface area contributed by atoms with E-state index in [0.29, 0.717) is 13.1 Å². The fraction of sp³-hybridized carbons (Fsp3) is 0.462. The SMILES string of the molecule is O=C(COc1c(F)cccc1Cl)N1CCCNCC1. The molecule has 0 aliphatic carbocycles. The Morgan fingerprint density at radius 3 is 3.05 bits per heavy atom. The van der Waals surface area contributed by atoms with E-state index in [-0.39, 0.29) is 23.3 Å². The zero-order valence-corrected chi connectivity index (χ0v) is 11.3. The van der Waals surface area contributed by atoms with Crippen LogP contribution in [0.25, 0.3) is 0 Å². The summed E-state index contributed by atoms with van der Waals surface area (Å²) in [4.78, 5) is 13.7. The summed E-state index contributed by atoms with van der Waals surface area (Å²) < 4.78 is 18.7. The van der Waals surface area contributed by atoms with Crippen LogP contribution in [0.15, 0.2) is 18.2 Å². The van der Waals surface area contributed by atoms with Gasteiger partial charge in [0.1, 0.15) is 0 Å². The minimum absolute atomic E-state index is 0.0644. The molecule has 4 nitrogen and oxygen atoms in total. The highest BCUT2D eigenvalue weighted by Crippen LogP contribution is 2.27. The van der Waals surface area contributed by atoms with E-state index in [1.807, 2.05) is 0 Å². The van der Waals surface area contributed by atoms with Crippen LogP contribution in [-0.2, 0) is 4.79 Å². The average molecular weight is 287 g/mol. The number of hydrogen-bond acceptors (Lipinski definition) is 3. The Morgan fingerprint density at radius 1 is 1.42 bits per heavy atom. The van der Waals surface area contributed by atoms with Gasteiger partial charge in [-0.15, -0.1) is 0 Å². The van der Waals surface area contributed by atoms with Crippen LogP contribution in [0.1, 0.15) is 6.42 Å². The number of para-hydroxylation sites is 1. The smallest absolute Gasteiger partial charge is 0.260 e. The molecular formula is C13H16ClFN2O2. The fourth-order valence-electron chi connectivity index (χ4n) is 1.94. The Hall–Kier alpha value is -1.33. The number of ether oxygens (including phenoxy) is 1. The second-order valence-corrected chi connectivity index (χ2v) is 4.73. The quantitative estimate of drug-likeness (QED) is 0.919. The van der Waals surface area contributed by atoms with E-state index in [2.05, 4.69) is 5.32 Å². The number of amides is 1. The molecule has 0 unspecified atom stereocenters. The molecule has 0 bridgehead atoms. The predicted molar refractivity (Wildman–Crippen MR) is 71.0 cm³/mol. The van der Waals surface area contributed by atoms with Crippen LogP contribution in [0.3, 0.4) is 0 Å². The van der Waals surface area contributed by atoms with Gasteiger partial charge in [-0.1, -0.05) is 17.7 Å². The van der Waals surface area contributed by atoms with Gasteiger partial charge in [0.05, 0.1) is 5.02 Å². The lowest BCUT2D eigenvalue weighted by Gasteiger charge is -2.20. The molecule has 1 fully saturated rings. The van der Waals surface area contributed by atoms with Crippen LogP contribution in [-0.4, -0.2) is 43.6 Å². The summed E-state index contributed by atoms with van der Waals surface area (Å²) in [5, 5.41) is 3.38. The first kappa shape index (κ1) is 14.1. The Labute approximate surface area is 116 Å². The number of benzene rings is 1. The largest absolute Gasteiger partial charge is 0.479 e. The number of rotatable bonds is 3. The molecule has 1 heterocycles. The molecule has 1 aromatic carbocycles. The van der Waals surface area contributed by atoms with E-state index < -0.39 is 5.82 Å². The standard InChI is InChI=1S/C13H16ClFN2O2/c14-10-3-1-4-11(15)13(10)19-9-12(18)17-7-2-5-16-6-8-17/h1,3-4,16H,2,5-9H2. The monoisotopic (exact) mass is 286 g/mol. The lowest BCUT2D eigenvalue weighted by atomic mass is 10.3. The van der Waals surface area contributed by atoms with Gasteiger partial charge in [0.2, 0.25) is 0 Å². The number of hydrogen-bond donors (Lipinski definition) is 1. The predicted octanol–water partition coefficient (Wildman–Crippen LogP) is 1.68. The lowest BCUT2D eigenvalue weighted by molar-refractivity contribution is -0.133. The Kier molecular flexibility index (Phi) is 4.99. The van der Waals surface area contributed by atoms with Gasteiger partial charge in [-0.2, -0.15) is 0 Å². The molecule has 2 rings (SSSR count). The Balaban J connectivity index is 1.92. The van der Waals surface area contributed by atoms with Gasteiger partial charge in [0.25, 0.3) is 5.91 Å². The Morgan fingerprint density at radius 2 is 2.26 bits per heavy atom. The highest BCUT2D eigenvalue weighted by atomic mass is 35.5. The van der Waals surface area contributed by atoms with E-state index in [4.69, 9.17) is 16.3 Å². The molecule has 6 heteroatoms. The molecule has 1 amide bonds. The second kappa shape index (κ2) is 6.73. The topological polar surface area (TPSA) is 41.6 Å². The molecule has 0 radical (unpaired) electrons. The van der Waals surface area contributed by atoms with E-state index >= 15 is 0 Å². The van der Waals surface area contributed by atoms with Crippen molar-refractivity contribution >= 4 is 17.5 Å². The van der Waals surface area contributed by atoms with Crippen molar-refractivity contribution in [1.82, 2.24) is 10.2 Å². The second-order valence-electron chi connectivity index (χ2n) is 4.32. The van der Waals surface area contributed by atoms with E-state index in [1.54, 1.807) is 4.90 Å². The maximum Gasteiger partial charge on any atom is 0.260 e. The maximum absolute atomic E-state index is 13.5. The molecule has 1 saturated heterocycles. The van der Waals surface area contributed by atoms with Crippen molar-refractivity contribution in [3.63, 3.8) is 0 Å². The van der Waals surface area contributed by atoms with Gasteiger partial charge in [-0.3, -0.25) is 4.79 Å². The van der Waals surface area contributed by atoms with Crippen molar-refractivity contribution in [3.8, 4) is 5.75 Å². The molecule has 19 heavy (non-hydrogen) atoms. The molecular weight excluding hydrogens is 271 g/mol. The minimum atomic E-state index is -0.558. The first-order chi connectivity index (χ1) is 9.18. The molecule has 0 atom stereocenters. The molecule has 1 aliphatic heterocycles. The highest BCUT2D eigenvalue weighted by Gasteiger charge is 2.17. The van der Waals surface area contributed by atoms with Crippen LogP contribution < -0.4 is 10.1 Å². The van der Waals surface area contributed by atoms with Crippen LogP contribution in [0, 0.1) is 5.82 Å². The van der Waals surface area contributed by atoms with Gasteiger partial charge < -0.3 is 15.0 Å². The fourth-order valence-corrected chi connectivity index (χ4v) is 2.16. The van der Waals surface area contributed by atoms with Crippen molar-refractivity contribution in [2.45, 2.75) is 6.42 Å². The van der Waals surface area contributed by atoms with E-state index in [1.165, 1.54) is 18.2 Å². The average Bonchev–Trinajstić information content (AvgIpc) is 2.66. The minimum Gasteiger partial charge on any atom is -0.479 e. The summed E-state index contributed by atoms with van der Waals surface area (Å²) in [5.41, 5.74) is 0. The first-order valence-corrected chi connectivity index (χ1v) is 6.61. The molecule has 1 N–H and O–H groups in total. The van der Waals surface area contributed by atoms with Gasteiger partial charge in [0, 0.05) is 19.6 Å². The number of nitrogens with zero attached hydrogens (tertiary/aromatic N) is 1. The summed E-state index contributed by atoms with van der Waals surface area (Å²) in [6, 6.07) is 4.27. The van der Waals surface area contributed by atoms with Gasteiger partial charge in [-0.25, -0.2) is 4.39 Å². The molecule has 0 saturated carbocycles. The molecule has 1 aliphatic rings. The van der Waals surface area contributed by atoms with Crippen molar-refractivity contribution in [3.05, 3.63) is 29.0 Å². The lowest BCUT2D eigenvalue weighted by Crippen LogP contribution is -2.37. The number of halogens is 2. The normalized spacial score (nSPS) is 16.0. The zero-order chi connectivity index (χ0) is 13.7. The van der Waals surface area contributed by atoms with Gasteiger partial charge >= 0.3 is 0 Å². The number of carbonyl (C=O) groups excluding carboxylic acids is 1. The number of carbonyl (C=O) groups is 1. The highest BCUT2D eigenvalue weighted by molar-refractivity contribution is 6.32. The van der Waals surface area contributed by atoms with Gasteiger partial charge in [0.15, 0.2) is 18.2 Å². The van der Waals surface area contributed by atoms with Crippen LogP contribution in [0.2, 0.25) is 5.02 Å². The van der Waals surface area contributed by atoms with Crippen LogP contribution in [0.4, 0.5) is 4.39 Å². The van der Waals surface area contributed by atoms with Crippen LogP contribution in [0.5, 0.6) is 5.75 Å². The van der Waals surface area contributed by atoms with Gasteiger partial charge in [-0.05, 0) is 25.1 Å².